The Hall–Kier alpha value is -0.0900. The van der Waals surface area contributed by atoms with Gasteiger partial charge in [-0.3, -0.25) is 0 Å². The standard InChI is InChI=1S/C10H23NO2S/c1-5-6-7-8-11-9-10(2,3)14(4,12)13/h11H,5-9H2,1-4H3. The van der Waals surface area contributed by atoms with Gasteiger partial charge in [0, 0.05) is 12.8 Å². The minimum absolute atomic E-state index is 0.537. The van der Waals surface area contributed by atoms with E-state index in [2.05, 4.69) is 12.2 Å². The molecule has 0 aromatic rings. The van der Waals surface area contributed by atoms with Gasteiger partial charge < -0.3 is 5.32 Å². The molecule has 0 aromatic carbocycles. The normalized spacial score (nSPS) is 13.1. The van der Waals surface area contributed by atoms with Crippen LogP contribution in [0.3, 0.4) is 0 Å². The van der Waals surface area contributed by atoms with Gasteiger partial charge in [0.15, 0.2) is 9.84 Å². The zero-order chi connectivity index (χ0) is 11.2. The van der Waals surface area contributed by atoms with Gasteiger partial charge >= 0.3 is 0 Å². The molecule has 0 saturated carbocycles. The molecule has 1 N–H and O–H groups in total. The first kappa shape index (κ1) is 13.9. The smallest absolute Gasteiger partial charge is 0.153 e. The number of hydrogen-bond donors (Lipinski definition) is 1. The Balaban J connectivity index is 3.79. The van der Waals surface area contributed by atoms with Crippen LogP contribution in [0.4, 0.5) is 0 Å². The van der Waals surface area contributed by atoms with Gasteiger partial charge in [-0.25, -0.2) is 8.42 Å². The SMILES string of the molecule is CCCCCNCC(C)(C)S(C)(=O)=O. The molecule has 0 rings (SSSR count). The first-order valence-corrected chi connectivity index (χ1v) is 7.10. The average molecular weight is 221 g/mol. The fourth-order valence-electron chi connectivity index (χ4n) is 1.02. The molecule has 14 heavy (non-hydrogen) atoms. The van der Waals surface area contributed by atoms with Crippen molar-refractivity contribution >= 4 is 9.84 Å². The average Bonchev–Trinajstić information content (AvgIpc) is 2.02. The molecule has 0 unspecified atom stereocenters. The maximum Gasteiger partial charge on any atom is 0.153 e. The highest BCUT2D eigenvalue weighted by molar-refractivity contribution is 7.92. The zero-order valence-corrected chi connectivity index (χ0v) is 10.6. The van der Waals surface area contributed by atoms with Crippen LogP contribution in [-0.4, -0.2) is 32.5 Å². The van der Waals surface area contributed by atoms with Crippen LogP contribution in [0.25, 0.3) is 0 Å². The topological polar surface area (TPSA) is 46.2 Å². The Morgan fingerprint density at radius 3 is 2.21 bits per heavy atom. The molecule has 0 aliphatic carbocycles. The minimum atomic E-state index is -2.96. The van der Waals surface area contributed by atoms with Crippen molar-refractivity contribution in [3.63, 3.8) is 0 Å². The third-order valence-electron chi connectivity index (χ3n) is 2.51. The van der Waals surface area contributed by atoms with E-state index in [0.29, 0.717) is 6.54 Å². The van der Waals surface area contributed by atoms with Crippen LogP contribution in [0, 0.1) is 0 Å². The van der Waals surface area contributed by atoms with Gasteiger partial charge in [0.25, 0.3) is 0 Å². The van der Waals surface area contributed by atoms with Crippen molar-refractivity contribution in [2.75, 3.05) is 19.3 Å². The van der Waals surface area contributed by atoms with Gasteiger partial charge in [-0.05, 0) is 26.8 Å². The predicted octanol–water partition coefficient (Wildman–Crippen LogP) is 1.59. The van der Waals surface area contributed by atoms with E-state index in [-0.39, 0.29) is 0 Å². The molecule has 0 atom stereocenters. The highest BCUT2D eigenvalue weighted by Crippen LogP contribution is 2.13. The maximum absolute atomic E-state index is 11.3. The van der Waals surface area contributed by atoms with Crippen LogP contribution in [0.5, 0.6) is 0 Å². The molecule has 86 valence electrons. The van der Waals surface area contributed by atoms with E-state index in [9.17, 15) is 8.42 Å². The molecular weight excluding hydrogens is 198 g/mol. The number of unbranched alkanes of at least 4 members (excludes halogenated alkanes) is 2. The van der Waals surface area contributed by atoms with Crippen LogP contribution >= 0.6 is 0 Å². The summed E-state index contributed by atoms with van der Waals surface area (Å²) in [5.74, 6) is 0. The Morgan fingerprint density at radius 1 is 1.21 bits per heavy atom. The zero-order valence-electron chi connectivity index (χ0n) is 9.76. The Bertz CT molecular complexity index is 245. The number of rotatable bonds is 7. The van der Waals surface area contributed by atoms with Crippen molar-refractivity contribution in [1.29, 1.82) is 0 Å². The van der Waals surface area contributed by atoms with E-state index >= 15 is 0 Å². The van der Waals surface area contributed by atoms with Crippen LogP contribution in [-0.2, 0) is 9.84 Å². The second-order valence-corrected chi connectivity index (χ2v) is 7.07. The molecule has 0 radical (unpaired) electrons. The Kier molecular flexibility index (Phi) is 5.67. The number of hydrogen-bond acceptors (Lipinski definition) is 3. The first-order chi connectivity index (χ1) is 6.31. The summed E-state index contributed by atoms with van der Waals surface area (Å²) in [5, 5.41) is 3.19. The highest BCUT2D eigenvalue weighted by atomic mass is 32.2. The Morgan fingerprint density at radius 2 is 1.79 bits per heavy atom. The number of sulfone groups is 1. The van der Waals surface area contributed by atoms with Crippen molar-refractivity contribution in [3.8, 4) is 0 Å². The summed E-state index contributed by atoms with van der Waals surface area (Å²) in [6, 6.07) is 0. The summed E-state index contributed by atoms with van der Waals surface area (Å²) in [6.45, 7) is 7.12. The van der Waals surface area contributed by atoms with Crippen molar-refractivity contribution in [3.05, 3.63) is 0 Å². The molecule has 0 amide bonds. The lowest BCUT2D eigenvalue weighted by atomic mass is 10.2. The lowest BCUT2D eigenvalue weighted by Gasteiger charge is -2.22. The molecule has 0 aliphatic heterocycles. The quantitative estimate of drug-likeness (QED) is 0.664. The van der Waals surface area contributed by atoms with Crippen LogP contribution < -0.4 is 5.32 Å². The molecule has 0 aliphatic rings. The summed E-state index contributed by atoms with van der Waals surface area (Å²) < 4.78 is 22.0. The summed E-state index contributed by atoms with van der Waals surface area (Å²) in [5.41, 5.74) is 0. The highest BCUT2D eigenvalue weighted by Gasteiger charge is 2.29. The summed E-state index contributed by atoms with van der Waals surface area (Å²) in [6.07, 6.45) is 4.81. The van der Waals surface area contributed by atoms with Crippen LogP contribution in [0.1, 0.15) is 40.0 Å². The fraction of sp³-hybridized carbons (Fsp3) is 1.00. The van der Waals surface area contributed by atoms with E-state index in [1.54, 1.807) is 13.8 Å². The monoisotopic (exact) mass is 221 g/mol. The summed E-state index contributed by atoms with van der Waals surface area (Å²) in [7, 11) is -2.96. The lowest BCUT2D eigenvalue weighted by Crippen LogP contribution is -2.41. The van der Waals surface area contributed by atoms with Crippen molar-refractivity contribution in [2.24, 2.45) is 0 Å². The largest absolute Gasteiger partial charge is 0.315 e. The maximum atomic E-state index is 11.3. The molecule has 3 nitrogen and oxygen atoms in total. The molecule has 0 bridgehead atoms. The lowest BCUT2D eigenvalue weighted by molar-refractivity contribution is 0.513. The summed E-state index contributed by atoms with van der Waals surface area (Å²) >= 11 is 0. The predicted molar refractivity (Wildman–Crippen MR) is 61.3 cm³/mol. The van der Waals surface area contributed by atoms with E-state index in [4.69, 9.17) is 0 Å². The fourth-order valence-corrected chi connectivity index (χ4v) is 1.38. The van der Waals surface area contributed by atoms with Gasteiger partial charge in [-0.15, -0.1) is 0 Å². The van der Waals surface area contributed by atoms with Gasteiger partial charge in [0.05, 0.1) is 4.75 Å². The van der Waals surface area contributed by atoms with Crippen molar-refractivity contribution in [2.45, 2.75) is 44.8 Å². The van der Waals surface area contributed by atoms with E-state index in [0.717, 1.165) is 13.0 Å². The molecular formula is C10H23NO2S. The molecule has 0 aromatic heterocycles. The van der Waals surface area contributed by atoms with Crippen LogP contribution in [0.2, 0.25) is 0 Å². The van der Waals surface area contributed by atoms with Crippen molar-refractivity contribution in [1.82, 2.24) is 5.32 Å². The van der Waals surface area contributed by atoms with Gasteiger partial charge in [-0.2, -0.15) is 0 Å². The van der Waals surface area contributed by atoms with E-state index < -0.39 is 14.6 Å². The third kappa shape index (κ3) is 4.96. The van der Waals surface area contributed by atoms with Gasteiger partial charge in [0.2, 0.25) is 0 Å². The van der Waals surface area contributed by atoms with Crippen molar-refractivity contribution < 1.29 is 8.42 Å². The van der Waals surface area contributed by atoms with E-state index in [1.165, 1.54) is 19.1 Å². The van der Waals surface area contributed by atoms with Gasteiger partial charge in [0.1, 0.15) is 0 Å². The third-order valence-corrected chi connectivity index (χ3v) is 4.66. The first-order valence-electron chi connectivity index (χ1n) is 5.21. The van der Waals surface area contributed by atoms with Crippen LogP contribution in [0.15, 0.2) is 0 Å². The molecule has 4 heteroatoms. The van der Waals surface area contributed by atoms with E-state index in [1.807, 2.05) is 0 Å². The molecule has 0 spiro atoms. The second-order valence-electron chi connectivity index (χ2n) is 4.42. The molecule has 0 heterocycles. The Labute approximate surface area is 88.2 Å². The molecule has 0 saturated heterocycles. The molecule has 0 fully saturated rings. The number of nitrogens with one attached hydrogen (secondary N) is 1. The van der Waals surface area contributed by atoms with Gasteiger partial charge in [-0.1, -0.05) is 19.8 Å². The summed E-state index contributed by atoms with van der Waals surface area (Å²) in [4.78, 5) is 0. The minimum Gasteiger partial charge on any atom is -0.315 e. The second kappa shape index (κ2) is 5.71.